The lowest BCUT2D eigenvalue weighted by molar-refractivity contribution is -0.116. The zero-order chi connectivity index (χ0) is 18.3. The number of aromatic nitrogens is 1. The maximum Gasteiger partial charge on any atom is 0.240 e. The number of anilines is 1. The summed E-state index contributed by atoms with van der Waals surface area (Å²) >= 11 is 0. The number of unbranched alkanes of at least 4 members (excludes halogenated alkanes) is 1. The predicted molar refractivity (Wildman–Crippen MR) is 95.8 cm³/mol. The Hall–Kier alpha value is -1.45. The monoisotopic (exact) mass is 372 g/mol. The van der Waals surface area contributed by atoms with Gasteiger partial charge in [0, 0.05) is 19.2 Å². The lowest BCUT2D eigenvalue weighted by Gasteiger charge is -2.24. The van der Waals surface area contributed by atoms with Crippen molar-refractivity contribution >= 4 is 21.7 Å². The number of hydrogen-bond donors (Lipinski definition) is 1. The molecule has 0 aromatic carbocycles. The highest BCUT2D eigenvalue weighted by molar-refractivity contribution is 7.89. The van der Waals surface area contributed by atoms with E-state index in [0.717, 1.165) is 32.4 Å². The van der Waals surface area contributed by atoms with Crippen LogP contribution in [0, 0.1) is 6.92 Å². The zero-order valence-electron chi connectivity index (χ0n) is 15.0. The summed E-state index contributed by atoms with van der Waals surface area (Å²) in [6, 6.07) is 1.60. The topological polar surface area (TPSA) is 95.8 Å². The third-order valence-electron chi connectivity index (χ3n) is 4.23. The first-order valence-electron chi connectivity index (χ1n) is 8.84. The SMILES string of the molecule is CCCCS(=O)(=O)N(CCN1CCCC1)CC(=O)Nc1cc(C)on1. The second-order valence-corrected chi connectivity index (χ2v) is 8.51. The number of likely N-dealkylation sites (tertiary alicyclic amines) is 1. The number of nitrogens with one attached hydrogen (secondary N) is 1. The van der Waals surface area contributed by atoms with Crippen molar-refractivity contribution in [1.82, 2.24) is 14.4 Å². The molecule has 9 heteroatoms. The van der Waals surface area contributed by atoms with Crippen molar-refractivity contribution in [2.24, 2.45) is 0 Å². The van der Waals surface area contributed by atoms with Gasteiger partial charge in [0.2, 0.25) is 15.9 Å². The maximum atomic E-state index is 12.6. The minimum absolute atomic E-state index is 0.0693. The molecule has 1 aromatic rings. The number of amides is 1. The van der Waals surface area contributed by atoms with E-state index >= 15 is 0 Å². The molecule has 142 valence electrons. The quantitative estimate of drug-likeness (QED) is 0.668. The minimum atomic E-state index is -3.46. The molecule has 0 atom stereocenters. The van der Waals surface area contributed by atoms with Gasteiger partial charge in [-0.1, -0.05) is 18.5 Å². The average molecular weight is 372 g/mol. The Kier molecular flexibility index (Phi) is 7.39. The first-order chi connectivity index (χ1) is 11.9. The van der Waals surface area contributed by atoms with E-state index in [0.29, 0.717) is 31.1 Å². The molecular weight excluding hydrogens is 344 g/mol. The van der Waals surface area contributed by atoms with E-state index in [9.17, 15) is 13.2 Å². The number of sulfonamides is 1. The minimum Gasteiger partial charge on any atom is -0.360 e. The van der Waals surface area contributed by atoms with Gasteiger partial charge >= 0.3 is 0 Å². The normalized spacial score (nSPS) is 15.8. The number of rotatable bonds is 10. The number of hydrogen-bond acceptors (Lipinski definition) is 6. The van der Waals surface area contributed by atoms with Crippen LogP contribution in [0.2, 0.25) is 0 Å². The van der Waals surface area contributed by atoms with Crippen molar-refractivity contribution in [1.29, 1.82) is 0 Å². The van der Waals surface area contributed by atoms with Crippen LogP contribution in [0.1, 0.15) is 38.4 Å². The Labute approximate surface area is 149 Å². The van der Waals surface area contributed by atoms with E-state index in [1.807, 2.05) is 6.92 Å². The fourth-order valence-electron chi connectivity index (χ4n) is 2.80. The van der Waals surface area contributed by atoms with Crippen LogP contribution in [0.25, 0.3) is 0 Å². The molecule has 1 aliphatic rings. The molecule has 1 aliphatic heterocycles. The second-order valence-electron chi connectivity index (χ2n) is 6.42. The molecule has 0 bridgehead atoms. The number of carbonyl (C=O) groups excluding carboxylic acids is 1. The molecule has 1 amide bonds. The lowest BCUT2D eigenvalue weighted by Crippen LogP contribution is -2.43. The van der Waals surface area contributed by atoms with Crippen LogP contribution >= 0.6 is 0 Å². The average Bonchev–Trinajstić information content (AvgIpc) is 3.21. The van der Waals surface area contributed by atoms with Crippen LogP contribution in [0.15, 0.2) is 10.6 Å². The number of aryl methyl sites for hydroxylation is 1. The molecule has 1 saturated heterocycles. The Morgan fingerprint density at radius 2 is 2.12 bits per heavy atom. The van der Waals surface area contributed by atoms with Gasteiger partial charge in [-0.15, -0.1) is 0 Å². The second kappa shape index (κ2) is 9.30. The van der Waals surface area contributed by atoms with Crippen LogP contribution in [-0.2, 0) is 14.8 Å². The van der Waals surface area contributed by atoms with Gasteiger partial charge in [-0.25, -0.2) is 8.42 Å². The standard InChI is InChI=1S/C16H28N4O4S/c1-3-4-11-25(22,23)20(10-9-19-7-5-6-8-19)13-16(21)17-15-12-14(2)24-18-15/h12H,3-11,13H2,1-2H3,(H,17,18,21). The fourth-order valence-corrected chi connectivity index (χ4v) is 4.38. The Bertz CT molecular complexity index is 653. The summed E-state index contributed by atoms with van der Waals surface area (Å²) in [5.41, 5.74) is 0. The van der Waals surface area contributed by atoms with Crippen LogP contribution in [0.4, 0.5) is 5.82 Å². The Balaban J connectivity index is 1.97. The third kappa shape index (κ3) is 6.41. The molecular formula is C16H28N4O4S. The maximum absolute atomic E-state index is 12.6. The molecule has 1 aromatic heterocycles. The molecule has 2 rings (SSSR count). The summed E-state index contributed by atoms with van der Waals surface area (Å²) in [7, 11) is -3.46. The molecule has 2 heterocycles. The highest BCUT2D eigenvalue weighted by atomic mass is 32.2. The number of carbonyl (C=O) groups is 1. The molecule has 0 saturated carbocycles. The first kappa shape index (κ1) is 19.9. The summed E-state index contributed by atoms with van der Waals surface area (Å²) in [5.74, 6) is 0.541. The first-order valence-corrected chi connectivity index (χ1v) is 10.4. The van der Waals surface area contributed by atoms with Gasteiger partial charge in [-0.05, 0) is 39.3 Å². The van der Waals surface area contributed by atoms with Gasteiger partial charge in [0.1, 0.15) is 5.76 Å². The van der Waals surface area contributed by atoms with Crippen molar-refractivity contribution in [2.45, 2.75) is 39.5 Å². The third-order valence-corrected chi connectivity index (χ3v) is 6.13. The van der Waals surface area contributed by atoms with Crippen molar-refractivity contribution in [2.75, 3.05) is 43.8 Å². The Morgan fingerprint density at radius 3 is 2.72 bits per heavy atom. The van der Waals surface area contributed by atoms with Crippen LogP contribution < -0.4 is 5.32 Å². The molecule has 25 heavy (non-hydrogen) atoms. The highest BCUT2D eigenvalue weighted by Crippen LogP contribution is 2.11. The molecule has 0 spiro atoms. The summed E-state index contributed by atoms with van der Waals surface area (Å²) in [4.78, 5) is 14.5. The molecule has 0 radical (unpaired) electrons. The lowest BCUT2D eigenvalue weighted by atomic mass is 10.4. The molecule has 0 unspecified atom stereocenters. The van der Waals surface area contributed by atoms with E-state index in [4.69, 9.17) is 4.52 Å². The summed E-state index contributed by atoms with van der Waals surface area (Å²) in [6.07, 6.45) is 3.68. The number of nitrogens with zero attached hydrogens (tertiary/aromatic N) is 3. The van der Waals surface area contributed by atoms with Crippen LogP contribution in [0.5, 0.6) is 0 Å². The molecule has 8 nitrogen and oxygen atoms in total. The highest BCUT2D eigenvalue weighted by Gasteiger charge is 2.25. The fraction of sp³-hybridized carbons (Fsp3) is 0.750. The zero-order valence-corrected chi connectivity index (χ0v) is 15.8. The van der Waals surface area contributed by atoms with E-state index < -0.39 is 15.9 Å². The largest absolute Gasteiger partial charge is 0.360 e. The van der Waals surface area contributed by atoms with Gasteiger partial charge in [0.15, 0.2) is 5.82 Å². The van der Waals surface area contributed by atoms with Gasteiger partial charge in [-0.2, -0.15) is 4.31 Å². The molecule has 1 fully saturated rings. The van der Waals surface area contributed by atoms with Crippen molar-refractivity contribution in [3.8, 4) is 0 Å². The van der Waals surface area contributed by atoms with E-state index in [1.54, 1.807) is 13.0 Å². The van der Waals surface area contributed by atoms with Crippen molar-refractivity contribution in [3.05, 3.63) is 11.8 Å². The Morgan fingerprint density at radius 1 is 1.40 bits per heavy atom. The smallest absolute Gasteiger partial charge is 0.240 e. The summed E-state index contributed by atoms with van der Waals surface area (Å²) in [5, 5.41) is 6.29. The van der Waals surface area contributed by atoms with Crippen LogP contribution in [0.3, 0.4) is 0 Å². The van der Waals surface area contributed by atoms with Crippen LogP contribution in [-0.4, -0.2) is 67.2 Å². The van der Waals surface area contributed by atoms with Crippen molar-refractivity contribution < 1.29 is 17.7 Å². The van der Waals surface area contributed by atoms with Gasteiger partial charge < -0.3 is 14.7 Å². The molecule has 0 aliphatic carbocycles. The predicted octanol–water partition coefficient (Wildman–Crippen LogP) is 1.45. The van der Waals surface area contributed by atoms with Gasteiger partial charge in [0.25, 0.3) is 0 Å². The van der Waals surface area contributed by atoms with Gasteiger partial charge in [-0.3, -0.25) is 4.79 Å². The van der Waals surface area contributed by atoms with E-state index in [1.165, 1.54) is 4.31 Å². The van der Waals surface area contributed by atoms with E-state index in [2.05, 4.69) is 15.4 Å². The van der Waals surface area contributed by atoms with Gasteiger partial charge in [0.05, 0.1) is 12.3 Å². The summed E-state index contributed by atoms with van der Waals surface area (Å²) in [6.45, 7) is 6.44. The summed E-state index contributed by atoms with van der Waals surface area (Å²) < 4.78 is 31.4. The molecule has 1 N–H and O–H groups in total. The van der Waals surface area contributed by atoms with Crippen molar-refractivity contribution in [3.63, 3.8) is 0 Å². The van der Waals surface area contributed by atoms with E-state index in [-0.39, 0.29) is 12.3 Å².